The van der Waals surface area contributed by atoms with Gasteiger partial charge in [-0.25, -0.2) is 0 Å². The molecule has 7 aromatic carbocycles. The lowest BCUT2D eigenvalue weighted by Crippen LogP contribution is -1.90. The molecule has 0 amide bonds. The van der Waals surface area contributed by atoms with Crippen LogP contribution in [0.15, 0.2) is 146 Å². The van der Waals surface area contributed by atoms with E-state index in [1.807, 2.05) is 0 Å². The third-order valence-corrected chi connectivity index (χ3v) is 7.98. The summed E-state index contributed by atoms with van der Waals surface area (Å²) in [5.41, 5.74) is 12.5. The van der Waals surface area contributed by atoms with Gasteiger partial charge in [-0.05, 0) is 102 Å². The molecule has 0 radical (unpaired) electrons. The quantitative estimate of drug-likeness (QED) is 0.256. The van der Waals surface area contributed by atoms with Crippen LogP contribution < -0.4 is 5.32 Å². The lowest BCUT2D eigenvalue weighted by molar-refractivity contribution is 1.54. The molecule has 0 saturated heterocycles. The van der Waals surface area contributed by atoms with Crippen LogP contribution in [0.1, 0.15) is 0 Å². The van der Waals surface area contributed by atoms with Gasteiger partial charge in [0, 0.05) is 11.4 Å². The molecule has 182 valence electrons. The maximum absolute atomic E-state index is 3.57. The van der Waals surface area contributed by atoms with E-state index in [0.717, 1.165) is 11.4 Å². The minimum Gasteiger partial charge on any atom is -0.356 e. The molecule has 0 aliphatic heterocycles. The Bertz CT molecular complexity index is 2010. The largest absolute Gasteiger partial charge is 0.356 e. The van der Waals surface area contributed by atoms with Crippen LogP contribution in [0.3, 0.4) is 0 Å². The SMILES string of the molecule is c1ccc2c(c1)-c1cccc3cc(-c4ccc(Nc5ccc(-c6cccc7ccccc67)cc5)cc4)cc-2c13. The van der Waals surface area contributed by atoms with Crippen LogP contribution >= 0.6 is 0 Å². The third-order valence-electron chi connectivity index (χ3n) is 7.98. The van der Waals surface area contributed by atoms with Crippen molar-refractivity contribution in [1.82, 2.24) is 0 Å². The highest BCUT2D eigenvalue weighted by Crippen LogP contribution is 2.48. The second-order valence-electron chi connectivity index (χ2n) is 10.3. The summed E-state index contributed by atoms with van der Waals surface area (Å²) in [6, 6.07) is 52.6. The predicted molar refractivity (Wildman–Crippen MR) is 166 cm³/mol. The molecule has 1 nitrogen and oxygen atoms in total. The van der Waals surface area contributed by atoms with Crippen molar-refractivity contribution in [2.24, 2.45) is 0 Å². The highest BCUT2D eigenvalue weighted by atomic mass is 14.9. The Balaban J connectivity index is 1.08. The van der Waals surface area contributed by atoms with Crippen molar-refractivity contribution in [3.63, 3.8) is 0 Å². The predicted octanol–water partition coefficient (Wildman–Crippen LogP) is 10.7. The topological polar surface area (TPSA) is 12.0 Å². The van der Waals surface area contributed by atoms with Crippen molar-refractivity contribution < 1.29 is 0 Å². The van der Waals surface area contributed by atoms with Gasteiger partial charge in [0.25, 0.3) is 0 Å². The Morgan fingerprint density at radius 3 is 1.67 bits per heavy atom. The van der Waals surface area contributed by atoms with E-state index in [-0.39, 0.29) is 0 Å². The van der Waals surface area contributed by atoms with Crippen molar-refractivity contribution in [1.29, 1.82) is 0 Å². The first-order valence-electron chi connectivity index (χ1n) is 13.4. The number of benzene rings is 7. The van der Waals surface area contributed by atoms with E-state index < -0.39 is 0 Å². The van der Waals surface area contributed by atoms with Crippen LogP contribution in [-0.4, -0.2) is 0 Å². The molecule has 1 N–H and O–H groups in total. The summed E-state index contributed by atoms with van der Waals surface area (Å²) in [5, 5.41) is 8.78. The van der Waals surface area contributed by atoms with Crippen LogP contribution in [-0.2, 0) is 0 Å². The van der Waals surface area contributed by atoms with Gasteiger partial charge in [-0.1, -0.05) is 109 Å². The first-order valence-corrected chi connectivity index (χ1v) is 13.4. The van der Waals surface area contributed by atoms with Crippen LogP contribution in [0.2, 0.25) is 0 Å². The Kier molecular flexibility index (Phi) is 4.89. The highest BCUT2D eigenvalue weighted by molar-refractivity contribution is 6.16. The van der Waals surface area contributed by atoms with Crippen molar-refractivity contribution >= 4 is 32.9 Å². The second-order valence-corrected chi connectivity index (χ2v) is 10.3. The molecule has 0 heterocycles. The van der Waals surface area contributed by atoms with Crippen LogP contribution in [0.5, 0.6) is 0 Å². The average Bonchev–Trinajstić information content (AvgIpc) is 3.33. The zero-order valence-electron chi connectivity index (χ0n) is 21.4. The van der Waals surface area contributed by atoms with Crippen LogP contribution in [0.25, 0.3) is 66.1 Å². The van der Waals surface area contributed by atoms with E-state index in [1.165, 1.54) is 66.1 Å². The van der Waals surface area contributed by atoms with E-state index in [9.17, 15) is 0 Å². The summed E-state index contributed by atoms with van der Waals surface area (Å²) in [7, 11) is 0. The van der Waals surface area contributed by atoms with Crippen molar-refractivity contribution in [2.45, 2.75) is 0 Å². The summed E-state index contributed by atoms with van der Waals surface area (Å²) >= 11 is 0. The summed E-state index contributed by atoms with van der Waals surface area (Å²) in [6.45, 7) is 0. The molecule has 0 atom stereocenters. The number of nitrogens with one attached hydrogen (secondary N) is 1. The fourth-order valence-corrected chi connectivity index (χ4v) is 6.11. The van der Waals surface area contributed by atoms with Gasteiger partial charge in [-0.15, -0.1) is 0 Å². The number of hydrogen-bond donors (Lipinski definition) is 1. The van der Waals surface area contributed by atoms with Gasteiger partial charge in [-0.3, -0.25) is 0 Å². The smallest absolute Gasteiger partial charge is 0.0384 e. The molecule has 0 spiro atoms. The molecule has 1 aliphatic rings. The third kappa shape index (κ3) is 3.63. The Hall–Kier alpha value is -5.14. The fraction of sp³-hybridized carbons (Fsp3) is 0. The molecule has 1 heteroatoms. The van der Waals surface area contributed by atoms with Gasteiger partial charge >= 0.3 is 0 Å². The normalized spacial score (nSPS) is 11.6. The summed E-state index contributed by atoms with van der Waals surface area (Å²) < 4.78 is 0. The number of anilines is 2. The van der Waals surface area contributed by atoms with Crippen molar-refractivity contribution in [2.75, 3.05) is 5.32 Å². The minimum atomic E-state index is 1.08. The molecular formula is C38H25N. The summed E-state index contributed by atoms with van der Waals surface area (Å²) in [4.78, 5) is 0. The minimum absolute atomic E-state index is 1.08. The van der Waals surface area contributed by atoms with Gasteiger partial charge in [0.2, 0.25) is 0 Å². The summed E-state index contributed by atoms with van der Waals surface area (Å²) in [5.74, 6) is 0. The van der Waals surface area contributed by atoms with E-state index >= 15 is 0 Å². The highest BCUT2D eigenvalue weighted by Gasteiger charge is 2.21. The zero-order valence-corrected chi connectivity index (χ0v) is 21.4. The van der Waals surface area contributed by atoms with Crippen LogP contribution in [0, 0.1) is 0 Å². The number of hydrogen-bond acceptors (Lipinski definition) is 1. The number of fused-ring (bicyclic) bond motifs is 4. The molecule has 0 saturated carbocycles. The molecule has 0 bridgehead atoms. The first-order chi connectivity index (χ1) is 19.3. The average molecular weight is 496 g/mol. The van der Waals surface area contributed by atoms with Gasteiger partial charge < -0.3 is 5.32 Å². The first kappa shape index (κ1) is 21.9. The molecular weight excluding hydrogens is 470 g/mol. The van der Waals surface area contributed by atoms with Crippen LogP contribution in [0.4, 0.5) is 11.4 Å². The van der Waals surface area contributed by atoms with E-state index in [4.69, 9.17) is 0 Å². The van der Waals surface area contributed by atoms with Gasteiger partial charge in [0.1, 0.15) is 0 Å². The monoisotopic (exact) mass is 495 g/mol. The second kappa shape index (κ2) is 8.72. The summed E-state index contributed by atoms with van der Waals surface area (Å²) in [6.07, 6.45) is 0. The Morgan fingerprint density at radius 1 is 0.333 bits per heavy atom. The molecule has 39 heavy (non-hydrogen) atoms. The van der Waals surface area contributed by atoms with Gasteiger partial charge in [-0.2, -0.15) is 0 Å². The maximum atomic E-state index is 3.57. The lowest BCUT2D eigenvalue weighted by Gasteiger charge is -2.11. The van der Waals surface area contributed by atoms with E-state index in [1.54, 1.807) is 0 Å². The molecule has 0 aromatic heterocycles. The maximum Gasteiger partial charge on any atom is 0.0384 e. The Labute approximate surface area is 228 Å². The molecule has 7 aromatic rings. The van der Waals surface area contributed by atoms with Crippen molar-refractivity contribution in [3.05, 3.63) is 146 Å². The lowest BCUT2D eigenvalue weighted by atomic mass is 9.96. The molecule has 0 unspecified atom stereocenters. The zero-order chi connectivity index (χ0) is 25.8. The molecule has 1 aliphatic carbocycles. The molecule has 0 fully saturated rings. The van der Waals surface area contributed by atoms with Crippen molar-refractivity contribution in [3.8, 4) is 44.5 Å². The van der Waals surface area contributed by atoms with E-state index in [2.05, 4.69) is 151 Å². The van der Waals surface area contributed by atoms with Gasteiger partial charge in [0.05, 0.1) is 0 Å². The molecule has 8 rings (SSSR count). The fourth-order valence-electron chi connectivity index (χ4n) is 6.11. The standard InChI is InChI=1S/C38H25N/c1-2-10-32-26(7-1)8-5-13-33(32)27-17-21-31(22-18-27)39-30-19-15-25(16-20-30)29-23-28-9-6-14-36-34-11-3-4-12-35(34)37(24-29)38(28)36/h1-24,39H. The number of rotatable bonds is 4. The van der Waals surface area contributed by atoms with Gasteiger partial charge in [0.15, 0.2) is 0 Å². The Morgan fingerprint density at radius 2 is 0.897 bits per heavy atom. The van der Waals surface area contributed by atoms with E-state index in [0.29, 0.717) is 0 Å².